The molecule has 2 atom stereocenters. The molecular weight excluding hydrogens is 946 g/mol. The van der Waals surface area contributed by atoms with Crippen molar-refractivity contribution >= 4 is 93.0 Å². The van der Waals surface area contributed by atoms with Crippen LogP contribution in [0.15, 0.2) is 8.17 Å². The molecule has 4 N–H and O–H groups in total. The summed E-state index contributed by atoms with van der Waals surface area (Å²) >= 11 is 9.36. The Morgan fingerprint density at radius 3 is 1.19 bits per heavy atom. The second-order valence-corrected chi connectivity index (χ2v) is 18.7. The standard InChI is InChI=1S/C16H30N2O6.C15H27ClN2O6.C2H2I2.CH4/c1-15(2,3)24-14(21)17-10-8-9-11(12(19)22-6)18-13(20)16(4,5)23-7;1-14(2,3)23-13(21)17-9-7-8-10(11(19)24-16)18-12(20)15(4,5)22-6;1-2(3)4;/h11H,8-10H2,1-7H3,(H,17,21)(H,18,20);10H,7-9H2,1-6H3,(H,17,21)(H,18,20);1H2;1H4/t11-;10-;;/m00../s1. The van der Waals surface area contributed by atoms with E-state index in [4.69, 9.17) is 35.6 Å². The van der Waals surface area contributed by atoms with Gasteiger partial charge in [-0.2, -0.15) is 0 Å². The normalized spacial score (nSPS) is 12.2. The van der Waals surface area contributed by atoms with Gasteiger partial charge in [0.1, 0.15) is 46.4 Å². The van der Waals surface area contributed by atoms with Crippen LogP contribution >= 0.6 is 57.0 Å². The Kier molecular flexibility index (Phi) is 30.7. The maximum Gasteiger partial charge on any atom is 0.407 e. The van der Waals surface area contributed by atoms with Gasteiger partial charge in [0.05, 0.1) is 7.11 Å². The summed E-state index contributed by atoms with van der Waals surface area (Å²) in [5.74, 6) is -2.22. The van der Waals surface area contributed by atoms with E-state index in [1.807, 2.05) is 0 Å². The molecule has 0 bridgehead atoms. The van der Waals surface area contributed by atoms with Crippen LogP contribution in [0.3, 0.4) is 0 Å². The molecule has 0 aliphatic rings. The van der Waals surface area contributed by atoms with Crippen LogP contribution in [0.25, 0.3) is 0 Å². The topological polar surface area (TPSA) is 206 Å². The van der Waals surface area contributed by atoms with E-state index < -0.39 is 70.4 Å². The zero-order valence-electron chi connectivity index (χ0n) is 32.6. The van der Waals surface area contributed by atoms with E-state index >= 15 is 0 Å². The molecule has 0 saturated heterocycles. The largest absolute Gasteiger partial charge is 0.467 e. The van der Waals surface area contributed by atoms with Crippen molar-refractivity contribution in [2.75, 3.05) is 34.4 Å². The number of nitrogens with one attached hydrogen (secondary N) is 4. The molecule has 0 aromatic heterocycles. The fourth-order valence-corrected chi connectivity index (χ4v) is 3.27. The molecule has 0 aromatic rings. The molecule has 0 rings (SSSR count). The first-order valence-electron chi connectivity index (χ1n) is 16.1. The molecule has 0 aromatic carbocycles. The number of ether oxygens (including phenoxy) is 5. The molecule has 0 fully saturated rings. The molecule has 4 amide bonds. The fraction of sp³-hybridized carbons (Fsp3) is 0.765. The van der Waals surface area contributed by atoms with Crippen LogP contribution in [0.2, 0.25) is 0 Å². The summed E-state index contributed by atoms with van der Waals surface area (Å²) in [6.45, 7) is 21.0. The molecular formula is C34H63ClI2N4O12. The van der Waals surface area contributed by atoms with Gasteiger partial charge in [-0.25, -0.2) is 19.2 Å². The van der Waals surface area contributed by atoms with Gasteiger partial charge < -0.3 is 49.2 Å². The lowest BCUT2D eigenvalue weighted by Crippen LogP contribution is -2.50. The Labute approximate surface area is 348 Å². The van der Waals surface area contributed by atoms with Crippen LogP contribution in [-0.2, 0) is 47.2 Å². The van der Waals surface area contributed by atoms with Crippen molar-refractivity contribution in [1.29, 1.82) is 0 Å². The molecule has 53 heavy (non-hydrogen) atoms. The number of amides is 4. The number of alkyl carbamates (subject to hydrolysis) is 2. The molecule has 0 radical (unpaired) electrons. The van der Waals surface area contributed by atoms with Crippen molar-refractivity contribution in [2.45, 2.75) is 137 Å². The predicted molar refractivity (Wildman–Crippen MR) is 221 cm³/mol. The first-order chi connectivity index (χ1) is 23.6. The van der Waals surface area contributed by atoms with E-state index in [2.05, 4.69) is 77.3 Å². The molecule has 312 valence electrons. The summed E-state index contributed by atoms with van der Waals surface area (Å²) in [5, 5.41) is 10.3. The Balaban J connectivity index is -0.000000404. The number of halogens is 3. The minimum atomic E-state index is -1.10. The summed E-state index contributed by atoms with van der Waals surface area (Å²) in [5.41, 5.74) is -3.31. The van der Waals surface area contributed by atoms with Gasteiger partial charge in [-0.1, -0.05) is 14.0 Å². The van der Waals surface area contributed by atoms with Crippen LogP contribution in [-0.4, -0.2) is 105 Å². The Bertz CT molecular complexity index is 1070. The van der Waals surface area contributed by atoms with Crippen LogP contribution in [0.1, 0.15) is 102 Å². The molecule has 0 saturated carbocycles. The second kappa shape index (κ2) is 28.3. The summed E-state index contributed by atoms with van der Waals surface area (Å²) < 4.78 is 30.3. The van der Waals surface area contributed by atoms with Crippen molar-refractivity contribution < 1.29 is 56.7 Å². The van der Waals surface area contributed by atoms with Gasteiger partial charge in [-0.3, -0.25) is 9.59 Å². The fourth-order valence-electron chi connectivity index (χ4n) is 3.17. The Hall–Kier alpha value is -2.17. The van der Waals surface area contributed by atoms with E-state index in [-0.39, 0.29) is 20.4 Å². The molecule has 0 unspecified atom stereocenters. The van der Waals surface area contributed by atoms with Gasteiger partial charge >= 0.3 is 24.1 Å². The number of hydrogen-bond acceptors (Lipinski definition) is 12. The van der Waals surface area contributed by atoms with Crippen LogP contribution in [0, 0.1) is 0 Å². The van der Waals surface area contributed by atoms with Gasteiger partial charge in [-0.05, 0) is 140 Å². The number of hydrogen-bond donors (Lipinski definition) is 4. The Morgan fingerprint density at radius 1 is 0.642 bits per heavy atom. The van der Waals surface area contributed by atoms with Gasteiger partial charge in [0, 0.05) is 28.9 Å². The second-order valence-electron chi connectivity index (χ2n) is 13.9. The first kappa shape index (κ1) is 57.6. The summed E-state index contributed by atoms with van der Waals surface area (Å²) in [6, 6.07) is -1.75. The van der Waals surface area contributed by atoms with E-state index in [0.29, 0.717) is 25.8 Å². The molecule has 0 spiro atoms. The molecule has 19 heteroatoms. The zero-order valence-corrected chi connectivity index (χ0v) is 37.7. The maximum atomic E-state index is 12.1. The highest BCUT2D eigenvalue weighted by atomic mass is 127. The average Bonchev–Trinajstić information content (AvgIpc) is 3.01. The summed E-state index contributed by atoms with van der Waals surface area (Å²) in [7, 11) is 4.05. The third kappa shape index (κ3) is 31.8. The third-order valence-corrected chi connectivity index (χ3v) is 6.40. The highest BCUT2D eigenvalue weighted by Crippen LogP contribution is 2.12. The van der Waals surface area contributed by atoms with Crippen molar-refractivity contribution in [3.63, 3.8) is 0 Å². The van der Waals surface area contributed by atoms with E-state index in [1.165, 1.54) is 21.3 Å². The van der Waals surface area contributed by atoms with E-state index in [1.54, 1.807) is 69.2 Å². The zero-order chi connectivity index (χ0) is 41.5. The summed E-state index contributed by atoms with van der Waals surface area (Å²) in [6.07, 6.45) is 0.335. The minimum Gasteiger partial charge on any atom is -0.467 e. The molecule has 0 heterocycles. The van der Waals surface area contributed by atoms with Crippen LogP contribution in [0.5, 0.6) is 0 Å². The Morgan fingerprint density at radius 2 is 0.943 bits per heavy atom. The van der Waals surface area contributed by atoms with Gasteiger partial charge in [0.25, 0.3) is 11.8 Å². The molecule has 16 nitrogen and oxygen atoms in total. The van der Waals surface area contributed by atoms with E-state index in [9.17, 15) is 28.8 Å². The summed E-state index contributed by atoms with van der Waals surface area (Å²) in [4.78, 5) is 70.6. The minimum absolute atomic E-state index is 0. The number of esters is 1. The average molecular weight is 1010 g/mol. The van der Waals surface area contributed by atoms with Crippen LogP contribution in [0.4, 0.5) is 9.59 Å². The monoisotopic (exact) mass is 1010 g/mol. The van der Waals surface area contributed by atoms with Crippen molar-refractivity contribution in [3.8, 4) is 0 Å². The van der Waals surface area contributed by atoms with E-state index in [0.717, 1.165) is 1.59 Å². The van der Waals surface area contributed by atoms with Gasteiger partial charge in [0.2, 0.25) is 0 Å². The molecule has 0 aliphatic carbocycles. The smallest absolute Gasteiger partial charge is 0.407 e. The van der Waals surface area contributed by atoms with Crippen molar-refractivity contribution in [2.24, 2.45) is 0 Å². The quantitative estimate of drug-likeness (QED) is 0.0588. The predicted octanol–water partition coefficient (Wildman–Crippen LogP) is 6.24. The number of methoxy groups -OCH3 is 3. The molecule has 0 aliphatic heterocycles. The lowest BCUT2D eigenvalue weighted by molar-refractivity contribution is -0.149. The number of rotatable bonds is 16. The highest BCUT2D eigenvalue weighted by Gasteiger charge is 2.33. The third-order valence-electron chi connectivity index (χ3n) is 6.25. The lowest BCUT2D eigenvalue weighted by atomic mass is 10.1. The highest BCUT2D eigenvalue weighted by molar-refractivity contribution is 14.2. The van der Waals surface area contributed by atoms with Crippen molar-refractivity contribution in [3.05, 3.63) is 8.17 Å². The van der Waals surface area contributed by atoms with Crippen LogP contribution < -0.4 is 21.3 Å². The lowest BCUT2D eigenvalue weighted by Gasteiger charge is -2.25. The first-order valence-corrected chi connectivity index (χ1v) is 18.6. The number of carbonyl (C=O) groups is 6. The van der Waals surface area contributed by atoms with Crippen molar-refractivity contribution in [1.82, 2.24) is 21.3 Å². The van der Waals surface area contributed by atoms with Gasteiger partial charge in [-0.15, -0.1) is 0 Å². The SMILES string of the molecule is C.C=C(I)I.COC(=O)[C@H](CCCNC(=O)OC(C)(C)C)NC(=O)C(C)(C)OC.COC(C)(C)C(=O)N[C@@H](CCCNC(=O)OC(C)(C)C)C(=O)OCl. The number of carbonyl (C=O) groups excluding carboxylic acids is 6. The maximum absolute atomic E-state index is 12.1. The van der Waals surface area contributed by atoms with Gasteiger partial charge in [0.15, 0.2) is 0 Å².